The van der Waals surface area contributed by atoms with Crippen LogP contribution in [-0.2, 0) is 6.42 Å². The number of hydrogen-bond acceptors (Lipinski definition) is 1. The molecule has 0 aromatic heterocycles. The SMILES string of the molecule is CCNC(Cc1c(C)cccc1C)c1cccc(Br)c1C. The summed E-state index contributed by atoms with van der Waals surface area (Å²) in [5, 5.41) is 3.65. The topological polar surface area (TPSA) is 12.0 Å². The van der Waals surface area contributed by atoms with E-state index < -0.39 is 0 Å². The molecule has 0 saturated carbocycles. The van der Waals surface area contributed by atoms with Gasteiger partial charge < -0.3 is 5.32 Å². The summed E-state index contributed by atoms with van der Waals surface area (Å²) in [6.45, 7) is 9.75. The lowest BCUT2D eigenvalue weighted by molar-refractivity contribution is 0.545. The maximum Gasteiger partial charge on any atom is 0.0363 e. The Hall–Kier alpha value is -1.12. The van der Waals surface area contributed by atoms with Crippen LogP contribution in [0.4, 0.5) is 0 Å². The predicted octanol–water partition coefficient (Wildman–Crippen LogP) is 5.27. The Morgan fingerprint density at radius 3 is 2.24 bits per heavy atom. The summed E-state index contributed by atoms with van der Waals surface area (Å²) in [6, 6.07) is 13.4. The van der Waals surface area contributed by atoms with E-state index >= 15 is 0 Å². The molecule has 0 fully saturated rings. The first-order valence-electron chi connectivity index (χ1n) is 7.58. The number of halogens is 1. The lowest BCUT2D eigenvalue weighted by atomic mass is 9.91. The summed E-state index contributed by atoms with van der Waals surface area (Å²) in [5.41, 5.74) is 6.93. The molecule has 1 nitrogen and oxygen atoms in total. The second-order valence-corrected chi connectivity index (χ2v) is 6.49. The molecule has 0 heterocycles. The molecule has 0 aliphatic heterocycles. The number of nitrogens with one attached hydrogen (secondary N) is 1. The first kappa shape index (κ1) is 16.3. The molecule has 112 valence electrons. The van der Waals surface area contributed by atoms with Crippen LogP contribution in [0.1, 0.15) is 40.8 Å². The van der Waals surface area contributed by atoms with E-state index in [-0.39, 0.29) is 0 Å². The molecule has 1 unspecified atom stereocenters. The minimum Gasteiger partial charge on any atom is -0.310 e. The second-order valence-electron chi connectivity index (χ2n) is 5.64. The summed E-state index contributed by atoms with van der Waals surface area (Å²) in [7, 11) is 0. The Morgan fingerprint density at radius 1 is 1.00 bits per heavy atom. The van der Waals surface area contributed by atoms with Crippen LogP contribution in [0.25, 0.3) is 0 Å². The van der Waals surface area contributed by atoms with Gasteiger partial charge in [-0.15, -0.1) is 0 Å². The van der Waals surface area contributed by atoms with Crippen molar-refractivity contribution >= 4 is 15.9 Å². The first-order valence-corrected chi connectivity index (χ1v) is 8.37. The quantitative estimate of drug-likeness (QED) is 0.778. The molecule has 1 atom stereocenters. The second kappa shape index (κ2) is 7.24. The Labute approximate surface area is 136 Å². The first-order chi connectivity index (χ1) is 10.0. The van der Waals surface area contributed by atoms with Crippen molar-refractivity contribution in [1.29, 1.82) is 0 Å². The molecule has 2 rings (SSSR count). The van der Waals surface area contributed by atoms with Gasteiger partial charge in [0.15, 0.2) is 0 Å². The minimum atomic E-state index is 0.354. The molecular weight excluding hydrogens is 322 g/mol. The lowest BCUT2D eigenvalue weighted by Gasteiger charge is -2.23. The van der Waals surface area contributed by atoms with Crippen molar-refractivity contribution in [1.82, 2.24) is 5.32 Å². The molecule has 0 amide bonds. The highest BCUT2D eigenvalue weighted by atomic mass is 79.9. The lowest BCUT2D eigenvalue weighted by Crippen LogP contribution is -2.24. The molecule has 2 aromatic rings. The Kier molecular flexibility index (Phi) is 5.60. The van der Waals surface area contributed by atoms with Gasteiger partial charge in [0.1, 0.15) is 0 Å². The number of likely N-dealkylation sites (N-methyl/N-ethyl adjacent to an activating group) is 1. The van der Waals surface area contributed by atoms with Gasteiger partial charge in [-0.05, 0) is 67.6 Å². The largest absolute Gasteiger partial charge is 0.310 e. The average molecular weight is 346 g/mol. The van der Waals surface area contributed by atoms with Gasteiger partial charge in [-0.1, -0.05) is 53.2 Å². The normalized spacial score (nSPS) is 12.4. The van der Waals surface area contributed by atoms with Crippen LogP contribution in [0.5, 0.6) is 0 Å². The smallest absolute Gasteiger partial charge is 0.0363 e. The molecule has 0 aliphatic rings. The van der Waals surface area contributed by atoms with Crippen molar-refractivity contribution in [3.05, 3.63) is 68.7 Å². The van der Waals surface area contributed by atoms with Crippen molar-refractivity contribution < 1.29 is 0 Å². The predicted molar refractivity (Wildman–Crippen MR) is 94.9 cm³/mol. The number of rotatable bonds is 5. The fourth-order valence-corrected chi connectivity index (χ4v) is 3.30. The fourth-order valence-electron chi connectivity index (χ4n) is 2.92. The zero-order valence-electron chi connectivity index (χ0n) is 13.3. The molecule has 1 N–H and O–H groups in total. The van der Waals surface area contributed by atoms with Gasteiger partial charge >= 0.3 is 0 Å². The summed E-state index contributed by atoms with van der Waals surface area (Å²) < 4.78 is 1.18. The third kappa shape index (κ3) is 3.75. The van der Waals surface area contributed by atoms with E-state index in [4.69, 9.17) is 0 Å². The Balaban J connectivity index is 2.38. The molecule has 0 saturated heterocycles. The van der Waals surface area contributed by atoms with Crippen LogP contribution in [-0.4, -0.2) is 6.54 Å². The van der Waals surface area contributed by atoms with E-state index in [1.54, 1.807) is 0 Å². The van der Waals surface area contributed by atoms with Crippen molar-refractivity contribution in [3.63, 3.8) is 0 Å². The molecule has 2 heteroatoms. The van der Waals surface area contributed by atoms with Crippen molar-refractivity contribution in [2.75, 3.05) is 6.54 Å². The van der Waals surface area contributed by atoms with Gasteiger partial charge in [-0.3, -0.25) is 0 Å². The Bertz CT molecular complexity index is 599. The van der Waals surface area contributed by atoms with E-state index in [0.717, 1.165) is 13.0 Å². The summed E-state index contributed by atoms with van der Waals surface area (Å²) in [6.07, 6.45) is 1.03. The van der Waals surface area contributed by atoms with Crippen LogP contribution in [0, 0.1) is 20.8 Å². The fraction of sp³-hybridized carbons (Fsp3) is 0.368. The molecule has 0 bridgehead atoms. The molecule has 21 heavy (non-hydrogen) atoms. The van der Waals surface area contributed by atoms with Gasteiger partial charge in [0, 0.05) is 10.5 Å². The van der Waals surface area contributed by atoms with Gasteiger partial charge in [0.25, 0.3) is 0 Å². The maximum atomic E-state index is 3.65. The highest BCUT2D eigenvalue weighted by Gasteiger charge is 2.16. The van der Waals surface area contributed by atoms with Crippen LogP contribution < -0.4 is 5.32 Å². The number of aryl methyl sites for hydroxylation is 2. The molecule has 2 aromatic carbocycles. The molecule has 0 spiro atoms. The molecular formula is C19H24BrN. The van der Waals surface area contributed by atoms with Crippen molar-refractivity contribution in [2.24, 2.45) is 0 Å². The van der Waals surface area contributed by atoms with E-state index in [2.05, 4.69) is 85.3 Å². The molecule has 0 radical (unpaired) electrons. The molecule has 0 aliphatic carbocycles. The Morgan fingerprint density at radius 2 is 1.62 bits per heavy atom. The third-order valence-corrected chi connectivity index (χ3v) is 5.05. The minimum absolute atomic E-state index is 0.354. The van der Waals surface area contributed by atoms with Crippen LogP contribution in [0.2, 0.25) is 0 Å². The summed E-state index contributed by atoms with van der Waals surface area (Å²) in [4.78, 5) is 0. The van der Waals surface area contributed by atoms with Crippen molar-refractivity contribution in [2.45, 2.75) is 40.2 Å². The van der Waals surface area contributed by atoms with Gasteiger partial charge in [-0.2, -0.15) is 0 Å². The highest BCUT2D eigenvalue weighted by Crippen LogP contribution is 2.28. The van der Waals surface area contributed by atoms with E-state index in [1.807, 2.05) is 0 Å². The van der Waals surface area contributed by atoms with Crippen molar-refractivity contribution in [3.8, 4) is 0 Å². The van der Waals surface area contributed by atoms with Gasteiger partial charge in [0.2, 0.25) is 0 Å². The zero-order valence-corrected chi connectivity index (χ0v) is 14.9. The maximum absolute atomic E-state index is 3.65. The van der Waals surface area contributed by atoms with E-state index in [0.29, 0.717) is 6.04 Å². The van der Waals surface area contributed by atoms with Crippen LogP contribution in [0.15, 0.2) is 40.9 Å². The van der Waals surface area contributed by atoms with E-state index in [1.165, 1.54) is 32.3 Å². The summed E-state index contributed by atoms with van der Waals surface area (Å²) in [5.74, 6) is 0. The van der Waals surface area contributed by atoms with Gasteiger partial charge in [0.05, 0.1) is 0 Å². The summed E-state index contributed by atoms with van der Waals surface area (Å²) >= 11 is 3.65. The zero-order chi connectivity index (χ0) is 15.4. The number of hydrogen-bond donors (Lipinski definition) is 1. The number of benzene rings is 2. The van der Waals surface area contributed by atoms with Crippen LogP contribution >= 0.6 is 15.9 Å². The third-order valence-electron chi connectivity index (χ3n) is 4.19. The van der Waals surface area contributed by atoms with E-state index in [9.17, 15) is 0 Å². The van der Waals surface area contributed by atoms with Gasteiger partial charge in [-0.25, -0.2) is 0 Å². The monoisotopic (exact) mass is 345 g/mol. The highest BCUT2D eigenvalue weighted by molar-refractivity contribution is 9.10. The standard InChI is InChI=1S/C19H24BrN/c1-5-21-19(16-10-7-11-18(20)15(16)4)12-17-13(2)8-6-9-14(17)3/h6-11,19,21H,5,12H2,1-4H3. The average Bonchev–Trinajstić information content (AvgIpc) is 2.45. The van der Waals surface area contributed by atoms with Crippen LogP contribution in [0.3, 0.4) is 0 Å².